The third-order valence-corrected chi connectivity index (χ3v) is 2.08. The Balaban J connectivity index is 2.51. The summed E-state index contributed by atoms with van der Waals surface area (Å²) < 4.78 is 0. The minimum Gasteiger partial charge on any atom is -0.370 e. The van der Waals surface area contributed by atoms with Crippen LogP contribution in [0.25, 0.3) is 0 Å². The Kier molecular flexibility index (Phi) is 3.65. The lowest BCUT2D eigenvalue weighted by molar-refractivity contribution is -0.118. The van der Waals surface area contributed by atoms with E-state index in [1.807, 2.05) is 31.2 Å². The fourth-order valence-corrected chi connectivity index (χ4v) is 1.36. The van der Waals surface area contributed by atoms with Crippen molar-refractivity contribution < 1.29 is 4.79 Å². The molecule has 1 rings (SSSR count). The van der Waals surface area contributed by atoms with Gasteiger partial charge < -0.3 is 11.5 Å². The molecule has 3 nitrogen and oxygen atoms in total. The van der Waals surface area contributed by atoms with E-state index in [0.717, 1.165) is 5.56 Å². The maximum Gasteiger partial charge on any atom is 0.218 e. The Labute approximate surface area is 84.1 Å². The maximum absolute atomic E-state index is 10.6. The summed E-state index contributed by atoms with van der Waals surface area (Å²) >= 11 is 0. The summed E-state index contributed by atoms with van der Waals surface area (Å²) in [4.78, 5) is 10.6. The minimum absolute atomic E-state index is 0.171. The Morgan fingerprint density at radius 3 is 2.43 bits per heavy atom. The highest BCUT2D eigenvalue weighted by atomic mass is 16.1. The van der Waals surface area contributed by atoms with Crippen LogP contribution in [-0.2, 0) is 11.2 Å². The molecule has 1 aromatic carbocycles. The second kappa shape index (κ2) is 4.77. The lowest BCUT2D eigenvalue weighted by Gasteiger charge is -2.09. The number of primary amides is 1. The smallest absolute Gasteiger partial charge is 0.218 e. The van der Waals surface area contributed by atoms with Crippen molar-refractivity contribution >= 4 is 5.91 Å². The molecule has 0 aliphatic rings. The fraction of sp³-hybridized carbons (Fsp3) is 0.364. The van der Waals surface area contributed by atoms with Gasteiger partial charge in [0.1, 0.15) is 0 Å². The van der Waals surface area contributed by atoms with Gasteiger partial charge in [-0.2, -0.15) is 0 Å². The third-order valence-electron chi connectivity index (χ3n) is 2.08. The molecule has 14 heavy (non-hydrogen) atoms. The zero-order valence-corrected chi connectivity index (χ0v) is 8.36. The first kappa shape index (κ1) is 10.7. The van der Waals surface area contributed by atoms with Gasteiger partial charge in [-0.15, -0.1) is 0 Å². The van der Waals surface area contributed by atoms with Crippen LogP contribution in [0.15, 0.2) is 24.3 Å². The van der Waals surface area contributed by atoms with Gasteiger partial charge in [-0.05, 0) is 18.9 Å². The average Bonchev–Trinajstić information content (AvgIpc) is 2.07. The molecular weight excluding hydrogens is 176 g/mol. The van der Waals surface area contributed by atoms with E-state index in [-0.39, 0.29) is 18.4 Å². The molecule has 0 radical (unpaired) electrons. The highest BCUT2D eigenvalue weighted by Gasteiger charge is 2.06. The Bertz CT molecular complexity index is 306. The molecule has 0 bridgehead atoms. The van der Waals surface area contributed by atoms with Crippen molar-refractivity contribution in [2.45, 2.75) is 25.8 Å². The van der Waals surface area contributed by atoms with Crippen LogP contribution in [0.1, 0.15) is 17.5 Å². The molecular formula is C11H16N2O. The molecule has 1 atom stereocenters. The largest absolute Gasteiger partial charge is 0.370 e. The van der Waals surface area contributed by atoms with Gasteiger partial charge >= 0.3 is 0 Å². The average molecular weight is 192 g/mol. The van der Waals surface area contributed by atoms with Gasteiger partial charge in [0.2, 0.25) is 5.91 Å². The summed E-state index contributed by atoms with van der Waals surface area (Å²) in [6.07, 6.45) is 0.942. The Morgan fingerprint density at radius 2 is 1.93 bits per heavy atom. The number of rotatable bonds is 4. The number of aryl methyl sites for hydroxylation is 1. The number of nitrogens with two attached hydrogens (primary N) is 2. The summed E-state index contributed by atoms with van der Waals surface area (Å²) in [6, 6.07) is 7.94. The second-order valence-corrected chi connectivity index (χ2v) is 3.62. The van der Waals surface area contributed by atoms with Gasteiger partial charge in [0.05, 0.1) is 0 Å². The van der Waals surface area contributed by atoms with Gasteiger partial charge in [-0.3, -0.25) is 4.79 Å². The van der Waals surface area contributed by atoms with E-state index in [9.17, 15) is 4.79 Å². The predicted octanol–water partition coefficient (Wildman–Crippen LogP) is 0.740. The minimum atomic E-state index is -0.343. The summed E-state index contributed by atoms with van der Waals surface area (Å²) in [5, 5.41) is 0. The van der Waals surface area contributed by atoms with Crippen LogP contribution in [0.5, 0.6) is 0 Å². The number of hydrogen-bond donors (Lipinski definition) is 2. The normalized spacial score (nSPS) is 12.4. The quantitative estimate of drug-likeness (QED) is 0.738. The monoisotopic (exact) mass is 192 g/mol. The van der Waals surface area contributed by atoms with E-state index < -0.39 is 0 Å². The van der Waals surface area contributed by atoms with Crippen molar-refractivity contribution in [3.05, 3.63) is 35.4 Å². The van der Waals surface area contributed by atoms with E-state index in [0.29, 0.717) is 6.42 Å². The molecule has 0 aliphatic carbocycles. The Hall–Kier alpha value is -1.35. The van der Waals surface area contributed by atoms with E-state index in [2.05, 4.69) is 0 Å². The fourth-order valence-electron chi connectivity index (χ4n) is 1.36. The number of carbonyl (C=O) groups is 1. The number of carbonyl (C=O) groups excluding carboxylic acids is 1. The zero-order valence-electron chi connectivity index (χ0n) is 8.36. The van der Waals surface area contributed by atoms with E-state index in [1.54, 1.807) is 0 Å². The molecule has 3 heteroatoms. The molecule has 0 unspecified atom stereocenters. The number of amides is 1. The van der Waals surface area contributed by atoms with Crippen LogP contribution in [0.4, 0.5) is 0 Å². The van der Waals surface area contributed by atoms with Crippen LogP contribution >= 0.6 is 0 Å². The van der Waals surface area contributed by atoms with Crippen LogP contribution in [0.2, 0.25) is 0 Å². The lowest BCUT2D eigenvalue weighted by Crippen LogP contribution is -2.29. The van der Waals surface area contributed by atoms with Gasteiger partial charge in [0, 0.05) is 12.5 Å². The van der Waals surface area contributed by atoms with Crippen LogP contribution < -0.4 is 11.5 Å². The van der Waals surface area contributed by atoms with Gasteiger partial charge in [-0.25, -0.2) is 0 Å². The molecule has 1 amide bonds. The summed E-state index contributed by atoms with van der Waals surface area (Å²) in [6.45, 7) is 2.03. The highest BCUT2D eigenvalue weighted by molar-refractivity contribution is 5.74. The first-order chi connectivity index (χ1) is 6.58. The van der Waals surface area contributed by atoms with Gasteiger partial charge in [0.15, 0.2) is 0 Å². The molecule has 76 valence electrons. The van der Waals surface area contributed by atoms with E-state index >= 15 is 0 Å². The molecule has 4 N–H and O–H groups in total. The molecule has 1 aromatic rings. The molecule has 0 spiro atoms. The molecule has 0 aliphatic heterocycles. The molecule has 0 heterocycles. The first-order valence-electron chi connectivity index (χ1n) is 4.67. The predicted molar refractivity (Wildman–Crippen MR) is 56.7 cm³/mol. The van der Waals surface area contributed by atoms with Gasteiger partial charge in [-0.1, -0.05) is 29.8 Å². The summed E-state index contributed by atoms with van der Waals surface area (Å²) in [5.74, 6) is -0.343. The number of benzene rings is 1. The molecule has 0 fully saturated rings. The third kappa shape index (κ3) is 3.58. The van der Waals surface area contributed by atoms with Crippen molar-refractivity contribution in [1.29, 1.82) is 0 Å². The standard InChI is InChI=1S/C11H16N2O/c1-8-2-4-9(5-3-8)6-10(12)7-11(13)14/h2-5,10H,6-7,12H2,1H3,(H2,13,14)/t10-/m0/s1. The van der Waals surface area contributed by atoms with E-state index in [4.69, 9.17) is 11.5 Å². The highest BCUT2D eigenvalue weighted by Crippen LogP contribution is 2.06. The lowest BCUT2D eigenvalue weighted by atomic mass is 10.0. The van der Waals surface area contributed by atoms with Crippen LogP contribution in [0.3, 0.4) is 0 Å². The topological polar surface area (TPSA) is 69.1 Å². The SMILES string of the molecule is Cc1ccc(C[C@H](N)CC(N)=O)cc1. The zero-order chi connectivity index (χ0) is 10.6. The summed E-state index contributed by atoms with van der Waals surface area (Å²) in [5.41, 5.74) is 13.2. The molecule has 0 aromatic heterocycles. The molecule has 0 saturated heterocycles. The Morgan fingerprint density at radius 1 is 1.36 bits per heavy atom. The first-order valence-corrected chi connectivity index (χ1v) is 4.67. The van der Waals surface area contributed by atoms with Crippen molar-refractivity contribution in [1.82, 2.24) is 0 Å². The summed E-state index contributed by atoms with van der Waals surface area (Å²) in [7, 11) is 0. The van der Waals surface area contributed by atoms with Crippen molar-refractivity contribution in [2.75, 3.05) is 0 Å². The van der Waals surface area contributed by atoms with Crippen LogP contribution in [0, 0.1) is 6.92 Å². The van der Waals surface area contributed by atoms with Crippen molar-refractivity contribution in [2.24, 2.45) is 11.5 Å². The maximum atomic E-state index is 10.6. The van der Waals surface area contributed by atoms with E-state index in [1.165, 1.54) is 5.56 Å². The number of hydrogen-bond acceptors (Lipinski definition) is 2. The molecule has 0 saturated carbocycles. The van der Waals surface area contributed by atoms with Crippen LogP contribution in [-0.4, -0.2) is 11.9 Å². The van der Waals surface area contributed by atoms with Crippen molar-refractivity contribution in [3.63, 3.8) is 0 Å². The van der Waals surface area contributed by atoms with Gasteiger partial charge in [0.25, 0.3) is 0 Å². The second-order valence-electron chi connectivity index (χ2n) is 3.62. The van der Waals surface area contributed by atoms with Crippen molar-refractivity contribution in [3.8, 4) is 0 Å².